The number of halogens is 1. The number of fused-ring (bicyclic) bond motifs is 1. The SMILES string of the molecule is CCOC(=O)C1=C(C)N=c2s/c(=C/c3cccc(Br)c3)c(=O)n2[C@@H]1c1ccco1. The van der Waals surface area contributed by atoms with Crippen molar-refractivity contribution in [2.45, 2.75) is 19.9 Å². The molecule has 4 rings (SSSR count). The molecule has 1 atom stereocenters. The van der Waals surface area contributed by atoms with Gasteiger partial charge in [0.25, 0.3) is 5.56 Å². The number of carbonyl (C=O) groups excluding carboxylic acids is 1. The Morgan fingerprint density at radius 1 is 1.38 bits per heavy atom. The van der Waals surface area contributed by atoms with Crippen molar-refractivity contribution >= 4 is 39.3 Å². The minimum absolute atomic E-state index is 0.230. The van der Waals surface area contributed by atoms with Crippen molar-refractivity contribution in [3.8, 4) is 0 Å². The zero-order valence-corrected chi connectivity index (χ0v) is 18.1. The third kappa shape index (κ3) is 3.65. The number of rotatable bonds is 4. The van der Waals surface area contributed by atoms with Gasteiger partial charge in [-0.2, -0.15) is 0 Å². The molecule has 1 aliphatic rings. The van der Waals surface area contributed by atoms with E-state index in [1.165, 1.54) is 22.2 Å². The number of esters is 1. The van der Waals surface area contributed by atoms with E-state index in [1.807, 2.05) is 30.3 Å². The molecule has 29 heavy (non-hydrogen) atoms. The zero-order chi connectivity index (χ0) is 20.5. The highest BCUT2D eigenvalue weighted by Gasteiger charge is 2.34. The van der Waals surface area contributed by atoms with Crippen molar-refractivity contribution in [1.29, 1.82) is 0 Å². The van der Waals surface area contributed by atoms with Crippen LogP contribution >= 0.6 is 27.3 Å². The normalized spacial score (nSPS) is 16.5. The molecular formula is C21H17BrN2O4S. The number of nitrogens with zero attached hydrogens (tertiary/aromatic N) is 2. The summed E-state index contributed by atoms with van der Waals surface area (Å²) < 4.78 is 13.8. The molecule has 3 heterocycles. The highest BCUT2D eigenvalue weighted by molar-refractivity contribution is 9.10. The average Bonchev–Trinajstić information content (AvgIpc) is 3.30. The molecule has 0 unspecified atom stereocenters. The minimum atomic E-state index is -0.718. The molecule has 0 bridgehead atoms. The van der Waals surface area contributed by atoms with Crippen LogP contribution in [0.1, 0.15) is 31.2 Å². The number of thiazole rings is 1. The van der Waals surface area contributed by atoms with Crippen molar-refractivity contribution in [3.05, 3.63) is 89.4 Å². The first-order valence-electron chi connectivity index (χ1n) is 8.98. The van der Waals surface area contributed by atoms with Gasteiger partial charge in [0.1, 0.15) is 11.8 Å². The van der Waals surface area contributed by atoms with Crippen LogP contribution in [0.4, 0.5) is 0 Å². The number of aromatic nitrogens is 1. The van der Waals surface area contributed by atoms with Gasteiger partial charge in [-0.3, -0.25) is 9.36 Å². The van der Waals surface area contributed by atoms with E-state index in [1.54, 1.807) is 26.0 Å². The Morgan fingerprint density at radius 2 is 2.21 bits per heavy atom. The molecule has 0 amide bonds. The monoisotopic (exact) mass is 472 g/mol. The predicted molar refractivity (Wildman–Crippen MR) is 113 cm³/mol. The first-order chi connectivity index (χ1) is 14.0. The molecule has 148 valence electrons. The van der Waals surface area contributed by atoms with Crippen LogP contribution in [0.5, 0.6) is 0 Å². The summed E-state index contributed by atoms with van der Waals surface area (Å²) in [6.45, 7) is 3.71. The van der Waals surface area contributed by atoms with Gasteiger partial charge < -0.3 is 9.15 Å². The van der Waals surface area contributed by atoms with Crippen LogP contribution in [0.15, 0.2) is 72.6 Å². The van der Waals surface area contributed by atoms with Crippen LogP contribution in [0, 0.1) is 0 Å². The fourth-order valence-electron chi connectivity index (χ4n) is 3.26. The summed E-state index contributed by atoms with van der Waals surface area (Å²) in [6, 6.07) is 10.4. The highest BCUT2D eigenvalue weighted by Crippen LogP contribution is 2.30. The van der Waals surface area contributed by atoms with Crippen LogP contribution in [0.3, 0.4) is 0 Å². The molecular weight excluding hydrogens is 456 g/mol. The summed E-state index contributed by atoms with van der Waals surface area (Å²) in [5, 5.41) is 0. The van der Waals surface area contributed by atoms with E-state index in [2.05, 4.69) is 20.9 Å². The van der Waals surface area contributed by atoms with Gasteiger partial charge in [0.2, 0.25) is 0 Å². The summed E-state index contributed by atoms with van der Waals surface area (Å²) in [5.74, 6) is -0.0196. The summed E-state index contributed by atoms with van der Waals surface area (Å²) in [4.78, 5) is 31.0. The molecule has 0 spiro atoms. The summed E-state index contributed by atoms with van der Waals surface area (Å²) in [6.07, 6.45) is 3.34. The number of hydrogen-bond donors (Lipinski definition) is 0. The molecule has 0 N–H and O–H groups in total. The van der Waals surface area contributed by atoms with Crippen molar-refractivity contribution in [2.75, 3.05) is 6.61 Å². The molecule has 8 heteroatoms. The van der Waals surface area contributed by atoms with Crippen LogP contribution in [0.2, 0.25) is 0 Å². The summed E-state index contributed by atoms with van der Waals surface area (Å²) in [7, 11) is 0. The second-order valence-corrected chi connectivity index (χ2v) is 8.30. The quantitative estimate of drug-likeness (QED) is 0.546. The number of carbonyl (C=O) groups is 1. The molecule has 1 aromatic carbocycles. The largest absolute Gasteiger partial charge is 0.467 e. The number of furan rings is 1. The Bertz CT molecular complexity index is 1280. The van der Waals surface area contributed by atoms with E-state index >= 15 is 0 Å². The van der Waals surface area contributed by atoms with E-state index < -0.39 is 12.0 Å². The maximum atomic E-state index is 13.3. The molecule has 2 aromatic heterocycles. The fourth-order valence-corrected chi connectivity index (χ4v) is 4.72. The van der Waals surface area contributed by atoms with Gasteiger partial charge in [-0.25, -0.2) is 9.79 Å². The molecule has 0 radical (unpaired) electrons. The van der Waals surface area contributed by atoms with Crippen LogP contribution < -0.4 is 14.9 Å². The van der Waals surface area contributed by atoms with Gasteiger partial charge >= 0.3 is 5.97 Å². The van der Waals surface area contributed by atoms with Crippen molar-refractivity contribution in [1.82, 2.24) is 4.57 Å². The minimum Gasteiger partial charge on any atom is -0.467 e. The predicted octanol–water partition coefficient (Wildman–Crippen LogP) is 3.15. The Kier molecular flexibility index (Phi) is 5.38. The Hall–Kier alpha value is -2.71. The van der Waals surface area contributed by atoms with Crippen molar-refractivity contribution in [3.63, 3.8) is 0 Å². The Labute approximate surface area is 178 Å². The number of ether oxygens (including phenoxy) is 1. The first kappa shape index (κ1) is 19.6. The smallest absolute Gasteiger partial charge is 0.338 e. The van der Waals surface area contributed by atoms with Gasteiger partial charge in [-0.05, 0) is 49.8 Å². The van der Waals surface area contributed by atoms with E-state index in [0.29, 0.717) is 26.4 Å². The number of allylic oxidation sites excluding steroid dienone is 1. The van der Waals surface area contributed by atoms with E-state index in [9.17, 15) is 9.59 Å². The molecule has 0 saturated carbocycles. The summed E-state index contributed by atoms with van der Waals surface area (Å²) in [5.41, 5.74) is 1.48. The van der Waals surface area contributed by atoms with Crippen LogP contribution in [-0.2, 0) is 9.53 Å². The fraction of sp³-hybridized carbons (Fsp3) is 0.190. The van der Waals surface area contributed by atoms with Crippen LogP contribution in [0.25, 0.3) is 6.08 Å². The highest BCUT2D eigenvalue weighted by atomic mass is 79.9. The van der Waals surface area contributed by atoms with Gasteiger partial charge in [-0.1, -0.05) is 39.4 Å². The lowest BCUT2D eigenvalue weighted by Gasteiger charge is -2.22. The van der Waals surface area contributed by atoms with E-state index in [4.69, 9.17) is 9.15 Å². The van der Waals surface area contributed by atoms with Gasteiger partial charge in [0, 0.05) is 4.47 Å². The molecule has 0 fully saturated rings. The van der Waals surface area contributed by atoms with Crippen molar-refractivity contribution in [2.24, 2.45) is 4.99 Å². The maximum absolute atomic E-state index is 13.3. The third-order valence-electron chi connectivity index (χ3n) is 4.48. The van der Waals surface area contributed by atoms with Crippen LogP contribution in [-0.4, -0.2) is 17.1 Å². The van der Waals surface area contributed by atoms with Gasteiger partial charge in [-0.15, -0.1) is 0 Å². The Balaban J connectivity index is 1.94. The zero-order valence-electron chi connectivity index (χ0n) is 15.7. The molecule has 6 nitrogen and oxygen atoms in total. The molecule has 3 aromatic rings. The average molecular weight is 473 g/mol. The standard InChI is InChI=1S/C21H17BrN2O4S/c1-3-27-20(26)17-12(2)23-21-24(18(17)15-8-5-9-28-15)19(25)16(29-21)11-13-6-4-7-14(22)10-13/h4-11,18H,3H2,1-2H3/b16-11+/t18-/m1/s1. The lowest BCUT2D eigenvalue weighted by molar-refractivity contribution is -0.139. The lowest BCUT2D eigenvalue weighted by atomic mass is 10.0. The van der Waals surface area contributed by atoms with E-state index in [-0.39, 0.29) is 12.2 Å². The lowest BCUT2D eigenvalue weighted by Crippen LogP contribution is -2.39. The topological polar surface area (TPSA) is 73.8 Å². The van der Waals surface area contributed by atoms with Crippen molar-refractivity contribution < 1.29 is 13.9 Å². The molecule has 1 aliphatic heterocycles. The van der Waals surface area contributed by atoms with E-state index in [0.717, 1.165) is 10.0 Å². The third-order valence-corrected chi connectivity index (χ3v) is 5.95. The number of hydrogen-bond acceptors (Lipinski definition) is 6. The first-order valence-corrected chi connectivity index (χ1v) is 10.6. The second kappa shape index (κ2) is 7.96. The maximum Gasteiger partial charge on any atom is 0.338 e. The second-order valence-electron chi connectivity index (χ2n) is 6.37. The Morgan fingerprint density at radius 3 is 2.90 bits per heavy atom. The van der Waals surface area contributed by atoms with Gasteiger partial charge in [0.15, 0.2) is 4.80 Å². The molecule has 0 saturated heterocycles. The number of benzene rings is 1. The summed E-state index contributed by atoms with van der Waals surface area (Å²) >= 11 is 4.72. The molecule has 0 aliphatic carbocycles. The van der Waals surface area contributed by atoms with Gasteiger partial charge in [0.05, 0.1) is 28.7 Å².